The molecule has 0 radical (unpaired) electrons. The molecule has 7 nitrogen and oxygen atoms in total. The lowest BCUT2D eigenvalue weighted by molar-refractivity contribution is 0.213. The average Bonchev–Trinajstić information content (AvgIpc) is 2.96. The maximum Gasteiger partial charge on any atom is 0.216 e. The molecule has 2 aliphatic rings. The maximum atomic E-state index is 12.5. The summed E-state index contributed by atoms with van der Waals surface area (Å²) in [5.41, 5.74) is 0. The van der Waals surface area contributed by atoms with E-state index < -0.39 is 10.0 Å². The van der Waals surface area contributed by atoms with Crippen molar-refractivity contribution in [2.75, 3.05) is 26.2 Å². The Kier molecular flexibility index (Phi) is 5.80. The zero-order valence-electron chi connectivity index (χ0n) is 15.7. The fourth-order valence-electron chi connectivity index (χ4n) is 3.87. The Morgan fingerprint density at radius 3 is 2.48 bits per heavy atom. The number of likely N-dealkylation sites (tertiary alicyclic amines) is 1. The lowest BCUT2D eigenvalue weighted by Gasteiger charge is -2.32. The number of aromatic nitrogens is 3. The highest BCUT2D eigenvalue weighted by Gasteiger charge is 2.33. The zero-order chi connectivity index (χ0) is 18.0. The molecule has 0 aromatic carbocycles. The third kappa shape index (κ3) is 4.06. The molecule has 1 atom stereocenters. The van der Waals surface area contributed by atoms with Gasteiger partial charge in [-0.3, -0.25) is 4.90 Å². The van der Waals surface area contributed by atoms with Crippen molar-refractivity contribution < 1.29 is 8.42 Å². The second-order valence-electron chi connectivity index (χ2n) is 7.66. The highest BCUT2D eigenvalue weighted by atomic mass is 32.2. The molecule has 0 spiro atoms. The van der Waals surface area contributed by atoms with Crippen LogP contribution in [0.4, 0.5) is 0 Å². The molecule has 1 aromatic rings. The first kappa shape index (κ1) is 18.8. The predicted molar refractivity (Wildman–Crippen MR) is 97.7 cm³/mol. The molecule has 3 heterocycles. The summed E-state index contributed by atoms with van der Waals surface area (Å²) in [6.45, 7) is 7.74. The Hall–Kier alpha value is -0.990. The van der Waals surface area contributed by atoms with Crippen molar-refractivity contribution in [1.29, 1.82) is 0 Å². The van der Waals surface area contributed by atoms with Gasteiger partial charge in [-0.05, 0) is 52.6 Å². The van der Waals surface area contributed by atoms with Gasteiger partial charge < -0.3 is 4.57 Å². The first-order chi connectivity index (χ1) is 11.9. The smallest absolute Gasteiger partial charge is 0.216 e. The van der Waals surface area contributed by atoms with Gasteiger partial charge in [-0.2, -0.15) is 0 Å². The molecule has 1 aromatic heterocycles. The number of piperidine rings is 2. The van der Waals surface area contributed by atoms with Crippen molar-refractivity contribution >= 4 is 10.0 Å². The van der Waals surface area contributed by atoms with Crippen molar-refractivity contribution in [1.82, 2.24) is 24.0 Å². The quantitative estimate of drug-likeness (QED) is 0.790. The molecular formula is C17H31N5O2S. The lowest BCUT2D eigenvalue weighted by atomic mass is 9.99. The van der Waals surface area contributed by atoms with E-state index in [0.29, 0.717) is 13.1 Å². The summed E-state index contributed by atoms with van der Waals surface area (Å²) in [6.07, 6.45) is 5.69. The summed E-state index contributed by atoms with van der Waals surface area (Å²) in [7, 11) is -1.18. The number of rotatable bonds is 5. The van der Waals surface area contributed by atoms with Gasteiger partial charge in [0.1, 0.15) is 11.6 Å². The van der Waals surface area contributed by atoms with Crippen LogP contribution in [0.15, 0.2) is 0 Å². The van der Waals surface area contributed by atoms with E-state index in [0.717, 1.165) is 44.1 Å². The van der Waals surface area contributed by atoms with E-state index in [9.17, 15) is 8.42 Å². The Balaban J connectivity index is 1.71. The number of hydrogen-bond donors (Lipinski definition) is 0. The Morgan fingerprint density at radius 2 is 1.80 bits per heavy atom. The summed E-state index contributed by atoms with van der Waals surface area (Å²) >= 11 is 0. The van der Waals surface area contributed by atoms with E-state index in [4.69, 9.17) is 0 Å². The Labute approximate surface area is 151 Å². The fraction of sp³-hybridized carbons (Fsp3) is 0.882. The van der Waals surface area contributed by atoms with Crippen LogP contribution in [0.3, 0.4) is 0 Å². The molecule has 0 saturated carbocycles. The minimum absolute atomic E-state index is 0.134. The van der Waals surface area contributed by atoms with Crippen LogP contribution >= 0.6 is 0 Å². The van der Waals surface area contributed by atoms with Gasteiger partial charge in [-0.25, -0.2) is 12.7 Å². The second-order valence-corrected chi connectivity index (χ2v) is 10.2. The maximum absolute atomic E-state index is 12.5. The number of nitrogens with zero attached hydrogens (tertiary/aromatic N) is 5. The number of hydrogen-bond acceptors (Lipinski definition) is 5. The van der Waals surface area contributed by atoms with Gasteiger partial charge in [0.05, 0.1) is 11.8 Å². The van der Waals surface area contributed by atoms with Crippen LogP contribution in [0.1, 0.15) is 63.5 Å². The van der Waals surface area contributed by atoms with Gasteiger partial charge in [0, 0.05) is 26.1 Å². The number of sulfonamides is 1. The zero-order valence-corrected chi connectivity index (χ0v) is 16.5. The monoisotopic (exact) mass is 369 g/mol. The summed E-state index contributed by atoms with van der Waals surface area (Å²) in [6, 6.07) is 0. The lowest BCUT2D eigenvalue weighted by Crippen LogP contribution is -2.42. The summed E-state index contributed by atoms with van der Waals surface area (Å²) in [5, 5.41) is 8.47. The topological polar surface area (TPSA) is 71.3 Å². The molecule has 0 bridgehead atoms. The van der Waals surface area contributed by atoms with Crippen molar-refractivity contribution in [2.45, 2.75) is 63.7 Å². The highest BCUT2D eigenvalue weighted by molar-refractivity contribution is 7.89. The molecule has 3 rings (SSSR count). The minimum Gasteiger partial charge on any atom is -0.317 e. The second kappa shape index (κ2) is 7.72. The van der Waals surface area contributed by atoms with Crippen molar-refractivity contribution in [2.24, 2.45) is 7.05 Å². The molecule has 2 aliphatic heterocycles. The molecule has 2 saturated heterocycles. The van der Waals surface area contributed by atoms with Crippen LogP contribution in [-0.2, 0) is 23.6 Å². The first-order valence-electron chi connectivity index (χ1n) is 9.49. The van der Waals surface area contributed by atoms with Gasteiger partial charge in [-0.1, -0.05) is 6.42 Å². The van der Waals surface area contributed by atoms with Crippen LogP contribution in [0.2, 0.25) is 0 Å². The van der Waals surface area contributed by atoms with Gasteiger partial charge in [0.25, 0.3) is 0 Å². The van der Waals surface area contributed by atoms with Gasteiger partial charge >= 0.3 is 0 Å². The molecule has 142 valence electrons. The van der Waals surface area contributed by atoms with E-state index in [-0.39, 0.29) is 11.2 Å². The average molecular weight is 370 g/mol. The predicted octanol–water partition coefficient (Wildman–Crippen LogP) is 1.72. The molecule has 25 heavy (non-hydrogen) atoms. The largest absolute Gasteiger partial charge is 0.317 e. The Bertz CT molecular complexity index is 679. The van der Waals surface area contributed by atoms with Crippen LogP contribution < -0.4 is 0 Å². The molecular weight excluding hydrogens is 338 g/mol. The van der Waals surface area contributed by atoms with Crippen LogP contribution in [0.5, 0.6) is 0 Å². The molecule has 8 heteroatoms. The normalized spacial score (nSPS) is 24.1. The molecule has 0 aliphatic carbocycles. The summed E-state index contributed by atoms with van der Waals surface area (Å²) in [4.78, 5) is 2.44. The standard InChI is InChI=1S/C17H31N5O2S/c1-14(2)25(23,24)22-11-7-8-15(12-22)17-19-18-16(20(17)3)13-21-9-5-4-6-10-21/h14-15H,4-13H2,1-3H3. The van der Waals surface area contributed by atoms with Crippen molar-refractivity contribution in [3.05, 3.63) is 11.6 Å². The van der Waals surface area contributed by atoms with Crippen molar-refractivity contribution in [3.8, 4) is 0 Å². The van der Waals surface area contributed by atoms with Gasteiger partial charge in [0.2, 0.25) is 10.0 Å². The summed E-state index contributed by atoms with van der Waals surface area (Å²) < 4.78 is 28.7. The molecule has 2 fully saturated rings. The summed E-state index contributed by atoms with van der Waals surface area (Å²) in [5.74, 6) is 2.05. The highest BCUT2D eigenvalue weighted by Crippen LogP contribution is 2.28. The van der Waals surface area contributed by atoms with E-state index in [1.807, 2.05) is 7.05 Å². The molecule has 0 N–H and O–H groups in total. The third-order valence-electron chi connectivity index (χ3n) is 5.52. The fourth-order valence-corrected chi connectivity index (χ4v) is 5.24. The minimum atomic E-state index is -3.20. The third-order valence-corrected chi connectivity index (χ3v) is 7.76. The molecule has 1 unspecified atom stereocenters. The van der Waals surface area contributed by atoms with Gasteiger partial charge in [0.15, 0.2) is 0 Å². The van der Waals surface area contributed by atoms with Crippen LogP contribution in [0.25, 0.3) is 0 Å². The van der Waals surface area contributed by atoms with Crippen LogP contribution in [0, 0.1) is 0 Å². The van der Waals surface area contributed by atoms with Crippen molar-refractivity contribution in [3.63, 3.8) is 0 Å². The Morgan fingerprint density at radius 1 is 1.08 bits per heavy atom. The SMILES string of the molecule is CC(C)S(=O)(=O)N1CCCC(c2nnc(CN3CCCCC3)n2C)C1. The van der Waals surface area contributed by atoms with E-state index >= 15 is 0 Å². The van der Waals surface area contributed by atoms with Gasteiger partial charge in [-0.15, -0.1) is 10.2 Å². The molecule has 0 amide bonds. The van der Waals surface area contributed by atoms with E-state index in [1.54, 1.807) is 18.2 Å². The van der Waals surface area contributed by atoms with Crippen LogP contribution in [-0.4, -0.2) is 63.8 Å². The van der Waals surface area contributed by atoms with E-state index in [1.165, 1.54) is 19.3 Å². The van der Waals surface area contributed by atoms with E-state index in [2.05, 4.69) is 19.7 Å². The first-order valence-corrected chi connectivity index (χ1v) is 11.0.